The summed E-state index contributed by atoms with van der Waals surface area (Å²) in [4.78, 5) is 23.0. The van der Waals surface area contributed by atoms with Crippen LogP contribution in [0.3, 0.4) is 0 Å². The molecule has 0 saturated heterocycles. The Kier molecular flexibility index (Phi) is 4.53. The first-order valence-electron chi connectivity index (χ1n) is 9.98. The van der Waals surface area contributed by atoms with Crippen LogP contribution in [0, 0.1) is 11.3 Å². The summed E-state index contributed by atoms with van der Waals surface area (Å²) in [6.45, 7) is 0. The van der Waals surface area contributed by atoms with Crippen molar-refractivity contribution >= 4 is 27.7 Å². The Bertz CT molecular complexity index is 1480. The van der Waals surface area contributed by atoms with Gasteiger partial charge in [0.05, 0.1) is 28.3 Å². The van der Waals surface area contributed by atoms with Crippen LogP contribution in [0.25, 0.3) is 33.2 Å². The van der Waals surface area contributed by atoms with Gasteiger partial charge < -0.3 is 4.57 Å². The Morgan fingerprint density at radius 2 is 1.58 bits per heavy atom. The van der Waals surface area contributed by atoms with Crippen molar-refractivity contribution in [2.75, 3.05) is 0 Å². The molecule has 148 valence electrons. The number of rotatable bonds is 4. The van der Waals surface area contributed by atoms with Crippen molar-refractivity contribution in [1.29, 1.82) is 5.26 Å². The van der Waals surface area contributed by atoms with Crippen LogP contribution in [0.1, 0.15) is 22.1 Å². The molecule has 0 spiro atoms. The van der Waals surface area contributed by atoms with Gasteiger partial charge in [-0.15, -0.1) is 0 Å². The van der Waals surface area contributed by atoms with Crippen LogP contribution in [-0.4, -0.2) is 20.3 Å². The van der Waals surface area contributed by atoms with E-state index in [1.165, 1.54) is 0 Å². The zero-order valence-corrected chi connectivity index (χ0v) is 16.9. The van der Waals surface area contributed by atoms with Gasteiger partial charge in [0.15, 0.2) is 11.7 Å². The molecule has 0 aliphatic rings. The number of hydrogen-bond acceptors (Lipinski definition) is 4. The van der Waals surface area contributed by atoms with Crippen molar-refractivity contribution in [3.63, 3.8) is 0 Å². The molecule has 0 saturated carbocycles. The quantitative estimate of drug-likeness (QED) is 0.384. The molecule has 2 aromatic heterocycles. The first-order chi connectivity index (χ1) is 15.2. The summed E-state index contributed by atoms with van der Waals surface area (Å²) in [6, 6.07) is 28.8. The van der Waals surface area contributed by atoms with Crippen molar-refractivity contribution in [3.05, 3.63) is 96.3 Å². The van der Waals surface area contributed by atoms with Gasteiger partial charge in [-0.2, -0.15) is 5.26 Å². The van der Waals surface area contributed by atoms with E-state index in [0.29, 0.717) is 22.6 Å². The number of benzene rings is 3. The molecular formula is C26H18N4O. The number of carbonyl (C=O) groups excluding carboxylic acids is 1. The number of aryl methyl sites for hydroxylation is 1. The summed E-state index contributed by atoms with van der Waals surface area (Å²) in [7, 11) is 1.84. The topological polar surface area (TPSA) is 71.6 Å². The number of hydrogen-bond donors (Lipinski definition) is 0. The lowest BCUT2D eigenvalue weighted by atomic mass is 9.93. The van der Waals surface area contributed by atoms with Gasteiger partial charge in [0.2, 0.25) is 0 Å². The molecule has 0 N–H and O–H groups in total. The fraction of sp³-hybridized carbons (Fsp3) is 0.0769. The lowest BCUT2D eigenvalue weighted by Gasteiger charge is -2.13. The molecule has 0 radical (unpaired) electrons. The normalized spacial score (nSPS) is 12.0. The second kappa shape index (κ2) is 7.51. The minimum Gasteiger partial charge on any atom is -0.330 e. The minimum atomic E-state index is -1.02. The lowest BCUT2D eigenvalue weighted by Crippen LogP contribution is -2.16. The highest BCUT2D eigenvalue weighted by Crippen LogP contribution is 2.30. The van der Waals surface area contributed by atoms with Gasteiger partial charge in [-0.3, -0.25) is 4.79 Å². The maximum absolute atomic E-state index is 13.7. The average molecular weight is 402 g/mol. The van der Waals surface area contributed by atoms with Crippen molar-refractivity contribution in [2.24, 2.45) is 7.05 Å². The Morgan fingerprint density at radius 3 is 2.32 bits per heavy atom. The maximum atomic E-state index is 13.7. The predicted octanol–water partition coefficient (Wildman–Crippen LogP) is 5.28. The molecule has 0 aliphatic heterocycles. The molecule has 0 aliphatic carbocycles. The largest absolute Gasteiger partial charge is 0.330 e. The molecule has 3 aromatic carbocycles. The molecular weight excluding hydrogens is 384 g/mol. The van der Waals surface area contributed by atoms with Gasteiger partial charge in [-0.25, -0.2) is 9.97 Å². The van der Waals surface area contributed by atoms with E-state index in [4.69, 9.17) is 4.98 Å². The van der Waals surface area contributed by atoms with Gasteiger partial charge >= 0.3 is 0 Å². The summed E-state index contributed by atoms with van der Waals surface area (Å²) < 4.78 is 1.82. The Balaban J connectivity index is 1.69. The van der Waals surface area contributed by atoms with E-state index in [1.807, 2.05) is 90.5 Å². The molecule has 0 unspecified atom stereocenters. The number of ketones is 1. The summed E-state index contributed by atoms with van der Waals surface area (Å²) >= 11 is 0. The van der Waals surface area contributed by atoms with Gasteiger partial charge in [-0.1, -0.05) is 60.7 Å². The van der Waals surface area contributed by atoms with Crippen LogP contribution >= 0.6 is 0 Å². The third-order valence-corrected chi connectivity index (χ3v) is 5.52. The highest BCUT2D eigenvalue weighted by atomic mass is 16.1. The van der Waals surface area contributed by atoms with Gasteiger partial charge in [0.1, 0.15) is 5.82 Å². The van der Waals surface area contributed by atoms with Crippen LogP contribution in [-0.2, 0) is 7.05 Å². The number of nitriles is 1. The summed E-state index contributed by atoms with van der Waals surface area (Å²) in [5, 5.41) is 10.7. The summed E-state index contributed by atoms with van der Waals surface area (Å²) in [6.07, 6.45) is 0. The molecule has 0 bridgehead atoms. The van der Waals surface area contributed by atoms with Crippen molar-refractivity contribution in [2.45, 2.75) is 5.92 Å². The number of aromatic nitrogens is 3. The van der Waals surface area contributed by atoms with E-state index in [1.54, 1.807) is 6.07 Å². The van der Waals surface area contributed by atoms with Crippen molar-refractivity contribution in [3.8, 4) is 17.3 Å². The molecule has 0 fully saturated rings. The monoisotopic (exact) mass is 402 g/mol. The second-order valence-electron chi connectivity index (χ2n) is 7.38. The van der Waals surface area contributed by atoms with Gasteiger partial charge in [0, 0.05) is 23.6 Å². The van der Waals surface area contributed by atoms with E-state index in [0.717, 1.165) is 22.0 Å². The van der Waals surface area contributed by atoms with Crippen LogP contribution in [0.5, 0.6) is 0 Å². The zero-order valence-electron chi connectivity index (χ0n) is 16.9. The smallest absolute Gasteiger partial charge is 0.188 e. The van der Waals surface area contributed by atoms with E-state index in [-0.39, 0.29) is 5.78 Å². The summed E-state index contributed by atoms with van der Waals surface area (Å²) in [5.41, 5.74) is 4.45. The number of imidazole rings is 1. The standard InChI is InChI=1S/C26H18N4O/c1-30-24-14-8-7-13-22(24)29-26(30)20(16-27)25(31)19-15-23(17-9-3-2-4-10-17)28-21-12-6-5-11-18(19)21/h2-15,20H,1H3/t20-/m0/s1. The SMILES string of the molecule is Cn1c([C@@H](C#N)C(=O)c2cc(-c3ccccc3)nc3ccccc23)nc2ccccc21. The predicted molar refractivity (Wildman–Crippen MR) is 121 cm³/mol. The first kappa shape index (κ1) is 18.7. The molecule has 31 heavy (non-hydrogen) atoms. The summed E-state index contributed by atoms with van der Waals surface area (Å²) in [5.74, 6) is -0.862. The number of fused-ring (bicyclic) bond motifs is 2. The zero-order chi connectivity index (χ0) is 21.4. The van der Waals surface area contributed by atoms with Crippen LogP contribution < -0.4 is 0 Å². The molecule has 5 heteroatoms. The van der Waals surface area contributed by atoms with Crippen LogP contribution in [0.4, 0.5) is 0 Å². The number of Topliss-reactive ketones (excluding diaryl/α,β-unsaturated/α-hetero) is 1. The molecule has 2 heterocycles. The molecule has 5 aromatic rings. The average Bonchev–Trinajstić information content (AvgIpc) is 3.15. The third-order valence-electron chi connectivity index (χ3n) is 5.52. The Hall–Kier alpha value is -4.30. The maximum Gasteiger partial charge on any atom is 0.188 e. The Morgan fingerprint density at radius 1 is 0.903 bits per heavy atom. The Labute approximate surface area is 179 Å². The molecule has 0 amide bonds. The molecule has 5 nitrogen and oxygen atoms in total. The van der Waals surface area contributed by atoms with E-state index >= 15 is 0 Å². The number of para-hydroxylation sites is 3. The lowest BCUT2D eigenvalue weighted by molar-refractivity contribution is 0.0977. The van der Waals surface area contributed by atoms with Crippen molar-refractivity contribution in [1.82, 2.24) is 14.5 Å². The minimum absolute atomic E-state index is 0.281. The van der Waals surface area contributed by atoms with Crippen LogP contribution in [0.2, 0.25) is 0 Å². The van der Waals surface area contributed by atoms with Crippen molar-refractivity contribution < 1.29 is 4.79 Å². The van der Waals surface area contributed by atoms with Crippen LogP contribution in [0.15, 0.2) is 84.9 Å². The number of carbonyl (C=O) groups is 1. The fourth-order valence-electron chi connectivity index (χ4n) is 3.95. The molecule has 1 atom stereocenters. The highest BCUT2D eigenvalue weighted by Gasteiger charge is 2.28. The molecule has 5 rings (SSSR count). The van der Waals surface area contributed by atoms with Gasteiger partial charge in [-0.05, 0) is 24.3 Å². The second-order valence-corrected chi connectivity index (χ2v) is 7.38. The highest BCUT2D eigenvalue weighted by molar-refractivity contribution is 6.12. The van der Waals surface area contributed by atoms with E-state index in [9.17, 15) is 10.1 Å². The third kappa shape index (κ3) is 3.15. The number of nitrogens with zero attached hydrogens (tertiary/aromatic N) is 4. The van der Waals surface area contributed by atoms with Gasteiger partial charge in [0.25, 0.3) is 0 Å². The number of pyridine rings is 1. The first-order valence-corrected chi connectivity index (χ1v) is 9.98. The fourth-order valence-corrected chi connectivity index (χ4v) is 3.95. The van der Waals surface area contributed by atoms with E-state index in [2.05, 4.69) is 11.1 Å². The van der Waals surface area contributed by atoms with E-state index < -0.39 is 5.92 Å².